The average Bonchev–Trinajstić information content (AvgIpc) is 2.80. The van der Waals surface area contributed by atoms with Crippen molar-refractivity contribution in [3.05, 3.63) is 14.7 Å². The van der Waals surface area contributed by atoms with E-state index in [0.29, 0.717) is 28.4 Å². The molecule has 0 saturated heterocycles. The monoisotopic (exact) mass is 398 g/mol. The highest BCUT2D eigenvalue weighted by atomic mass is 79.9. The van der Waals surface area contributed by atoms with E-state index >= 15 is 0 Å². The molecule has 0 aliphatic heterocycles. The number of nitrogens with zero attached hydrogens (tertiary/aromatic N) is 1. The standard InChI is InChI=1S/C13H23BrN2O3S2/c1-5-10(2)16(6-7-19-4)21(17,18)12-8-11(9-15-3)20-13(12)14/h8,10,15H,5-7,9H2,1-4H3. The van der Waals surface area contributed by atoms with Crippen molar-refractivity contribution in [1.82, 2.24) is 9.62 Å². The van der Waals surface area contributed by atoms with Crippen LogP contribution in [0.3, 0.4) is 0 Å². The van der Waals surface area contributed by atoms with Crippen molar-refractivity contribution in [1.29, 1.82) is 0 Å². The first-order valence-corrected chi connectivity index (χ1v) is 9.87. The fourth-order valence-electron chi connectivity index (χ4n) is 1.92. The molecule has 1 heterocycles. The molecule has 0 aliphatic rings. The van der Waals surface area contributed by atoms with Gasteiger partial charge in [-0.15, -0.1) is 11.3 Å². The van der Waals surface area contributed by atoms with E-state index in [1.165, 1.54) is 15.6 Å². The molecule has 0 bridgehead atoms. The fourth-order valence-corrected chi connectivity index (χ4v) is 6.26. The topological polar surface area (TPSA) is 58.6 Å². The summed E-state index contributed by atoms with van der Waals surface area (Å²) in [4.78, 5) is 1.33. The van der Waals surface area contributed by atoms with E-state index in [1.807, 2.05) is 20.9 Å². The van der Waals surface area contributed by atoms with Crippen LogP contribution in [0.2, 0.25) is 0 Å². The maximum absolute atomic E-state index is 12.9. The number of thiophene rings is 1. The lowest BCUT2D eigenvalue weighted by Gasteiger charge is -2.27. The second kappa shape index (κ2) is 8.59. The van der Waals surface area contributed by atoms with Gasteiger partial charge in [-0.05, 0) is 42.4 Å². The summed E-state index contributed by atoms with van der Waals surface area (Å²) in [5.41, 5.74) is 0. The SMILES string of the molecule is CCC(C)N(CCOC)S(=O)(=O)c1cc(CNC)sc1Br. The van der Waals surface area contributed by atoms with Crippen LogP contribution in [0.1, 0.15) is 25.1 Å². The van der Waals surface area contributed by atoms with Crippen LogP contribution < -0.4 is 5.32 Å². The summed E-state index contributed by atoms with van der Waals surface area (Å²) in [5.74, 6) is 0. The molecule has 1 N–H and O–H groups in total. The highest BCUT2D eigenvalue weighted by Gasteiger charge is 2.31. The second-order valence-electron chi connectivity index (χ2n) is 4.75. The third kappa shape index (κ3) is 4.74. The third-order valence-electron chi connectivity index (χ3n) is 3.24. The first-order valence-electron chi connectivity index (χ1n) is 6.82. The Hall–Kier alpha value is 0.01000. The number of hydrogen-bond acceptors (Lipinski definition) is 5. The molecule has 0 amide bonds. The number of methoxy groups -OCH3 is 1. The lowest BCUT2D eigenvalue weighted by Crippen LogP contribution is -2.40. The zero-order valence-electron chi connectivity index (χ0n) is 12.8. The summed E-state index contributed by atoms with van der Waals surface area (Å²) in [6.07, 6.45) is 0.758. The Labute approximate surface area is 139 Å². The van der Waals surface area contributed by atoms with Crippen LogP contribution in [0.25, 0.3) is 0 Å². The molecular weight excluding hydrogens is 376 g/mol. The molecule has 5 nitrogen and oxygen atoms in total. The second-order valence-corrected chi connectivity index (χ2v) is 9.06. The smallest absolute Gasteiger partial charge is 0.245 e. The van der Waals surface area contributed by atoms with Crippen molar-refractivity contribution in [2.45, 2.75) is 37.8 Å². The molecule has 122 valence electrons. The maximum Gasteiger partial charge on any atom is 0.245 e. The van der Waals surface area contributed by atoms with Gasteiger partial charge in [-0.3, -0.25) is 0 Å². The largest absolute Gasteiger partial charge is 0.383 e. The lowest BCUT2D eigenvalue weighted by atomic mass is 10.3. The minimum absolute atomic E-state index is 0.0651. The van der Waals surface area contributed by atoms with Gasteiger partial charge in [0.15, 0.2) is 0 Å². The fraction of sp³-hybridized carbons (Fsp3) is 0.692. The molecular formula is C13H23BrN2O3S2. The minimum atomic E-state index is -3.52. The summed E-state index contributed by atoms with van der Waals surface area (Å²) in [5, 5.41) is 3.03. The van der Waals surface area contributed by atoms with E-state index in [0.717, 1.165) is 11.3 Å². The molecule has 1 atom stereocenters. The first kappa shape index (κ1) is 19.1. The molecule has 0 saturated carbocycles. The Morgan fingerprint density at radius 2 is 2.19 bits per heavy atom. The summed E-state index contributed by atoms with van der Waals surface area (Å²) < 4.78 is 33.0. The summed E-state index contributed by atoms with van der Waals surface area (Å²) >= 11 is 4.83. The van der Waals surface area contributed by atoms with Crippen LogP contribution in [-0.4, -0.2) is 46.1 Å². The molecule has 1 rings (SSSR count). The van der Waals surface area contributed by atoms with E-state index in [4.69, 9.17) is 4.74 Å². The van der Waals surface area contributed by atoms with Gasteiger partial charge in [0.2, 0.25) is 10.0 Å². The van der Waals surface area contributed by atoms with Gasteiger partial charge in [0.25, 0.3) is 0 Å². The summed E-state index contributed by atoms with van der Waals surface area (Å²) in [7, 11) is -0.108. The summed E-state index contributed by atoms with van der Waals surface area (Å²) in [6, 6.07) is 1.67. The van der Waals surface area contributed by atoms with Crippen LogP contribution in [-0.2, 0) is 21.3 Å². The molecule has 21 heavy (non-hydrogen) atoms. The summed E-state index contributed by atoms with van der Waals surface area (Å²) in [6.45, 7) is 5.30. The van der Waals surface area contributed by atoms with Crippen molar-refractivity contribution in [3.8, 4) is 0 Å². The van der Waals surface area contributed by atoms with E-state index in [1.54, 1.807) is 13.2 Å². The Balaban J connectivity index is 3.15. The normalized spacial score (nSPS) is 13.8. The number of ether oxygens (including phenoxy) is 1. The zero-order valence-corrected chi connectivity index (χ0v) is 16.1. The van der Waals surface area contributed by atoms with E-state index < -0.39 is 10.0 Å². The highest BCUT2D eigenvalue weighted by Crippen LogP contribution is 2.34. The maximum atomic E-state index is 12.9. The molecule has 0 spiro atoms. The molecule has 0 radical (unpaired) electrons. The van der Waals surface area contributed by atoms with Crippen LogP contribution in [0.15, 0.2) is 14.7 Å². The molecule has 1 aromatic heterocycles. The Morgan fingerprint density at radius 1 is 1.52 bits per heavy atom. The van der Waals surface area contributed by atoms with Crippen LogP contribution in [0, 0.1) is 0 Å². The van der Waals surface area contributed by atoms with Crippen LogP contribution in [0.5, 0.6) is 0 Å². The van der Waals surface area contributed by atoms with Gasteiger partial charge in [-0.25, -0.2) is 8.42 Å². The van der Waals surface area contributed by atoms with E-state index in [2.05, 4.69) is 21.2 Å². The van der Waals surface area contributed by atoms with Gasteiger partial charge in [0.1, 0.15) is 4.90 Å². The van der Waals surface area contributed by atoms with E-state index in [-0.39, 0.29) is 6.04 Å². The van der Waals surface area contributed by atoms with Gasteiger partial charge < -0.3 is 10.1 Å². The van der Waals surface area contributed by atoms with Gasteiger partial charge in [0.05, 0.1) is 10.4 Å². The van der Waals surface area contributed by atoms with Crippen LogP contribution in [0.4, 0.5) is 0 Å². The number of sulfonamides is 1. The van der Waals surface area contributed by atoms with Crippen molar-refractivity contribution in [3.63, 3.8) is 0 Å². The quantitative estimate of drug-likeness (QED) is 0.694. The number of hydrogen-bond donors (Lipinski definition) is 1. The van der Waals surface area contributed by atoms with E-state index in [9.17, 15) is 8.42 Å². The average molecular weight is 399 g/mol. The highest BCUT2D eigenvalue weighted by molar-refractivity contribution is 9.11. The number of rotatable bonds is 9. The van der Waals surface area contributed by atoms with Gasteiger partial charge in [0, 0.05) is 31.1 Å². The van der Waals surface area contributed by atoms with Gasteiger partial charge in [-0.2, -0.15) is 4.31 Å². The molecule has 0 aliphatic carbocycles. The molecule has 0 fully saturated rings. The predicted octanol–water partition coefficient (Wildman–Crippen LogP) is 2.67. The van der Waals surface area contributed by atoms with Crippen LogP contribution >= 0.6 is 27.3 Å². The van der Waals surface area contributed by atoms with Gasteiger partial charge >= 0.3 is 0 Å². The molecule has 1 unspecified atom stereocenters. The lowest BCUT2D eigenvalue weighted by molar-refractivity contribution is 0.167. The Bertz CT molecular complexity index is 546. The van der Waals surface area contributed by atoms with Gasteiger partial charge in [-0.1, -0.05) is 6.92 Å². The first-order chi connectivity index (χ1) is 9.88. The molecule has 1 aromatic rings. The Morgan fingerprint density at radius 3 is 2.71 bits per heavy atom. The van der Waals surface area contributed by atoms with Crippen molar-refractivity contribution < 1.29 is 13.2 Å². The molecule has 8 heteroatoms. The number of halogens is 1. The van der Waals surface area contributed by atoms with Crippen molar-refractivity contribution >= 4 is 37.3 Å². The molecule has 0 aromatic carbocycles. The zero-order chi connectivity index (χ0) is 16.0. The number of nitrogens with one attached hydrogen (secondary N) is 1. The predicted molar refractivity (Wildman–Crippen MR) is 90.3 cm³/mol. The Kier molecular flexibility index (Phi) is 7.80. The van der Waals surface area contributed by atoms with Crippen molar-refractivity contribution in [2.24, 2.45) is 0 Å². The third-order valence-corrected chi connectivity index (χ3v) is 7.51. The minimum Gasteiger partial charge on any atom is -0.383 e. The van der Waals surface area contributed by atoms with Crippen molar-refractivity contribution in [2.75, 3.05) is 27.3 Å².